The van der Waals surface area contributed by atoms with Crippen LogP contribution in [0.1, 0.15) is 45.4 Å². The zero-order chi connectivity index (χ0) is 15.1. The normalized spacial score (nSPS) is 28.5. The van der Waals surface area contributed by atoms with E-state index in [-0.39, 0.29) is 17.4 Å². The highest BCUT2D eigenvalue weighted by Crippen LogP contribution is 2.28. The molecular formula is C16H30N2O3. The number of nitrogens with one attached hydrogen (secondary N) is 2. The number of methoxy groups -OCH3 is 1. The third-order valence-corrected chi connectivity index (χ3v) is 4.79. The number of carbonyl (C=O) groups is 1. The van der Waals surface area contributed by atoms with Crippen LogP contribution in [-0.2, 0) is 14.3 Å². The van der Waals surface area contributed by atoms with Crippen molar-refractivity contribution in [1.29, 1.82) is 0 Å². The molecule has 2 atom stereocenters. The minimum atomic E-state index is 0.105. The van der Waals surface area contributed by atoms with E-state index in [1.165, 1.54) is 0 Å². The molecule has 1 amide bonds. The summed E-state index contributed by atoms with van der Waals surface area (Å²) in [5, 5.41) is 6.48. The summed E-state index contributed by atoms with van der Waals surface area (Å²) in [5.41, 5.74) is 0.105. The van der Waals surface area contributed by atoms with Crippen LogP contribution in [0.5, 0.6) is 0 Å². The molecule has 0 bridgehead atoms. The van der Waals surface area contributed by atoms with Gasteiger partial charge in [-0.05, 0) is 52.1 Å². The van der Waals surface area contributed by atoms with Gasteiger partial charge in [-0.1, -0.05) is 0 Å². The highest BCUT2D eigenvalue weighted by molar-refractivity contribution is 5.75. The fourth-order valence-electron chi connectivity index (χ4n) is 3.40. The molecule has 0 saturated carbocycles. The zero-order valence-electron chi connectivity index (χ0n) is 13.5. The van der Waals surface area contributed by atoms with E-state index in [2.05, 4.69) is 17.6 Å². The first-order chi connectivity index (χ1) is 10.1. The molecule has 5 nitrogen and oxygen atoms in total. The third-order valence-electron chi connectivity index (χ3n) is 4.79. The maximum absolute atomic E-state index is 12.0. The molecule has 2 heterocycles. The summed E-state index contributed by atoms with van der Waals surface area (Å²) < 4.78 is 11.1. The Kier molecular flexibility index (Phi) is 6.45. The van der Waals surface area contributed by atoms with Gasteiger partial charge in [-0.2, -0.15) is 0 Å². The summed E-state index contributed by atoms with van der Waals surface area (Å²) in [4.78, 5) is 12.0. The third kappa shape index (κ3) is 5.24. The Labute approximate surface area is 128 Å². The van der Waals surface area contributed by atoms with Gasteiger partial charge in [0.15, 0.2) is 0 Å². The Morgan fingerprint density at radius 1 is 1.38 bits per heavy atom. The lowest BCUT2D eigenvalue weighted by Crippen LogP contribution is -2.47. The predicted octanol–water partition coefficient (Wildman–Crippen LogP) is 1.47. The molecule has 21 heavy (non-hydrogen) atoms. The summed E-state index contributed by atoms with van der Waals surface area (Å²) in [6.45, 7) is 5.56. The number of rotatable bonds is 7. The van der Waals surface area contributed by atoms with Crippen LogP contribution >= 0.6 is 0 Å². The first-order valence-electron chi connectivity index (χ1n) is 8.25. The lowest BCUT2D eigenvalue weighted by molar-refractivity contribution is -0.122. The predicted molar refractivity (Wildman–Crippen MR) is 82.2 cm³/mol. The van der Waals surface area contributed by atoms with Crippen LogP contribution in [0.25, 0.3) is 0 Å². The van der Waals surface area contributed by atoms with Crippen molar-refractivity contribution in [3.05, 3.63) is 0 Å². The molecule has 2 aliphatic rings. The molecule has 0 aliphatic carbocycles. The lowest BCUT2D eigenvalue weighted by atomic mass is 9.79. The standard InChI is InChI=1S/C16H30N2O3/c1-13-3-4-14(21-13)5-6-15(19)18-11-16(12-20-2)7-9-17-10-8-16/h13-14,17H,3-12H2,1-2H3,(H,18,19). The minimum Gasteiger partial charge on any atom is -0.384 e. The molecular weight excluding hydrogens is 268 g/mol. The van der Waals surface area contributed by atoms with Gasteiger partial charge in [0.1, 0.15) is 0 Å². The molecule has 0 aromatic rings. The van der Waals surface area contributed by atoms with Crippen molar-refractivity contribution < 1.29 is 14.3 Å². The first-order valence-corrected chi connectivity index (χ1v) is 8.25. The molecule has 2 saturated heterocycles. The lowest BCUT2D eigenvalue weighted by Gasteiger charge is -2.37. The number of amides is 1. The topological polar surface area (TPSA) is 59.6 Å². The Hall–Kier alpha value is -0.650. The Morgan fingerprint density at radius 3 is 2.76 bits per heavy atom. The Bertz CT molecular complexity index is 324. The van der Waals surface area contributed by atoms with Gasteiger partial charge >= 0.3 is 0 Å². The SMILES string of the molecule is COCC1(CNC(=O)CCC2CCC(C)O2)CCNCC1. The van der Waals surface area contributed by atoms with E-state index < -0.39 is 0 Å². The average Bonchev–Trinajstić information content (AvgIpc) is 2.90. The molecule has 122 valence electrons. The van der Waals surface area contributed by atoms with Crippen LogP contribution in [0.3, 0.4) is 0 Å². The molecule has 2 N–H and O–H groups in total. The first kappa shape index (κ1) is 16.7. The fourth-order valence-corrected chi connectivity index (χ4v) is 3.40. The van der Waals surface area contributed by atoms with Crippen LogP contribution in [0.4, 0.5) is 0 Å². The van der Waals surface area contributed by atoms with E-state index in [9.17, 15) is 4.79 Å². The van der Waals surface area contributed by atoms with Crippen molar-refractivity contribution in [3.63, 3.8) is 0 Å². The van der Waals surface area contributed by atoms with E-state index in [1.54, 1.807) is 7.11 Å². The summed E-state index contributed by atoms with van der Waals surface area (Å²) in [7, 11) is 1.74. The molecule has 0 aromatic heterocycles. The second-order valence-electron chi connectivity index (χ2n) is 6.64. The van der Waals surface area contributed by atoms with Crippen molar-refractivity contribution in [2.24, 2.45) is 5.41 Å². The van der Waals surface area contributed by atoms with Gasteiger partial charge in [0.25, 0.3) is 0 Å². The number of ether oxygens (including phenoxy) is 2. The molecule has 2 rings (SSSR count). The van der Waals surface area contributed by atoms with Gasteiger partial charge in [0, 0.05) is 25.5 Å². The number of hydrogen-bond donors (Lipinski definition) is 2. The molecule has 2 fully saturated rings. The van der Waals surface area contributed by atoms with E-state index in [4.69, 9.17) is 9.47 Å². The highest BCUT2D eigenvalue weighted by atomic mass is 16.5. The van der Waals surface area contributed by atoms with Crippen LogP contribution in [-0.4, -0.2) is 51.5 Å². The highest BCUT2D eigenvalue weighted by Gasteiger charge is 2.32. The Morgan fingerprint density at radius 2 is 2.14 bits per heavy atom. The smallest absolute Gasteiger partial charge is 0.220 e. The van der Waals surface area contributed by atoms with E-state index in [1.807, 2.05) is 0 Å². The van der Waals surface area contributed by atoms with Crippen LogP contribution in [0, 0.1) is 5.41 Å². The molecule has 0 radical (unpaired) electrons. The van der Waals surface area contributed by atoms with Gasteiger partial charge in [-0.3, -0.25) is 4.79 Å². The summed E-state index contributed by atoms with van der Waals surface area (Å²) >= 11 is 0. The van der Waals surface area contributed by atoms with Gasteiger partial charge < -0.3 is 20.1 Å². The molecule has 2 unspecified atom stereocenters. The fraction of sp³-hybridized carbons (Fsp3) is 0.938. The molecule has 2 aliphatic heterocycles. The number of piperidine rings is 1. The number of carbonyl (C=O) groups excluding carboxylic acids is 1. The van der Waals surface area contributed by atoms with Crippen molar-refractivity contribution in [3.8, 4) is 0 Å². The maximum Gasteiger partial charge on any atom is 0.220 e. The Balaban J connectivity index is 1.69. The van der Waals surface area contributed by atoms with E-state index >= 15 is 0 Å². The van der Waals surface area contributed by atoms with Crippen molar-refractivity contribution in [2.75, 3.05) is 33.4 Å². The van der Waals surface area contributed by atoms with Crippen LogP contribution in [0.2, 0.25) is 0 Å². The second-order valence-corrected chi connectivity index (χ2v) is 6.64. The largest absolute Gasteiger partial charge is 0.384 e. The van der Waals surface area contributed by atoms with Gasteiger partial charge in [0.2, 0.25) is 5.91 Å². The average molecular weight is 298 g/mol. The molecule has 0 spiro atoms. The van der Waals surface area contributed by atoms with Crippen molar-refractivity contribution >= 4 is 5.91 Å². The maximum atomic E-state index is 12.0. The van der Waals surface area contributed by atoms with E-state index in [0.717, 1.165) is 58.3 Å². The summed E-state index contributed by atoms with van der Waals surface area (Å²) in [5.74, 6) is 0.146. The van der Waals surface area contributed by atoms with Crippen LogP contribution in [0.15, 0.2) is 0 Å². The summed E-state index contributed by atoms with van der Waals surface area (Å²) in [6.07, 6.45) is 6.38. The quantitative estimate of drug-likeness (QED) is 0.747. The van der Waals surface area contributed by atoms with Gasteiger partial charge in [0.05, 0.1) is 18.8 Å². The molecule has 0 aromatic carbocycles. The van der Waals surface area contributed by atoms with Gasteiger partial charge in [-0.25, -0.2) is 0 Å². The summed E-state index contributed by atoms with van der Waals surface area (Å²) in [6, 6.07) is 0. The van der Waals surface area contributed by atoms with Gasteiger partial charge in [-0.15, -0.1) is 0 Å². The van der Waals surface area contributed by atoms with E-state index in [0.29, 0.717) is 12.5 Å². The zero-order valence-corrected chi connectivity index (χ0v) is 13.5. The van der Waals surface area contributed by atoms with Crippen molar-refractivity contribution in [1.82, 2.24) is 10.6 Å². The monoisotopic (exact) mass is 298 g/mol. The number of hydrogen-bond acceptors (Lipinski definition) is 4. The van der Waals surface area contributed by atoms with Crippen molar-refractivity contribution in [2.45, 2.75) is 57.7 Å². The minimum absolute atomic E-state index is 0.105. The van der Waals surface area contributed by atoms with Crippen LogP contribution < -0.4 is 10.6 Å². The molecule has 5 heteroatoms. The second kappa shape index (κ2) is 8.11.